The van der Waals surface area contributed by atoms with E-state index in [1.54, 1.807) is 6.26 Å². The van der Waals surface area contributed by atoms with Crippen LogP contribution >= 0.6 is 0 Å². The first-order chi connectivity index (χ1) is 14.0. The van der Waals surface area contributed by atoms with E-state index in [2.05, 4.69) is 68.4 Å². The number of hydrogen-bond donors (Lipinski definition) is 1. The molecule has 3 nitrogen and oxygen atoms in total. The van der Waals surface area contributed by atoms with Gasteiger partial charge in [-0.15, -0.1) is 0 Å². The predicted molar refractivity (Wildman–Crippen MR) is 127 cm³/mol. The summed E-state index contributed by atoms with van der Waals surface area (Å²) in [6.07, 6.45) is 5.39. The van der Waals surface area contributed by atoms with Gasteiger partial charge in [0.1, 0.15) is 5.76 Å². The lowest BCUT2D eigenvalue weighted by atomic mass is 9.69. The number of nitrogens with one attached hydrogen (secondary N) is 1. The molecule has 0 spiro atoms. The molecule has 2 atom stereocenters. The van der Waals surface area contributed by atoms with Crippen LogP contribution in [0.5, 0.6) is 0 Å². The fraction of sp³-hybridized carbons (Fsp3) is 0.462. The van der Waals surface area contributed by atoms with E-state index in [0.29, 0.717) is 5.41 Å². The van der Waals surface area contributed by atoms with Crippen molar-refractivity contribution in [2.75, 3.05) is 18.4 Å². The molecule has 0 amide bonds. The number of furan rings is 1. The summed E-state index contributed by atoms with van der Waals surface area (Å²) in [7, 11) is 0. The summed E-state index contributed by atoms with van der Waals surface area (Å²) in [4.78, 5) is 2.47. The molecular weight excluding hydrogens is 356 g/mol. The molecule has 2 unspecified atom stereocenters. The van der Waals surface area contributed by atoms with Crippen LogP contribution in [0.25, 0.3) is 11.4 Å². The monoisotopic (exact) mass is 394 g/mol. The third-order valence-corrected chi connectivity index (χ3v) is 6.30. The number of anilines is 1. The maximum absolute atomic E-state index is 5.37. The molecule has 1 N–H and O–H groups in total. The summed E-state index contributed by atoms with van der Waals surface area (Å²) in [6.45, 7) is 21.7. The Morgan fingerprint density at radius 1 is 1.17 bits per heavy atom. The maximum Gasteiger partial charge on any atom is 0.149 e. The molecule has 0 saturated carbocycles. The lowest BCUT2D eigenvalue weighted by molar-refractivity contribution is 0.0665. The topological polar surface area (TPSA) is 28.4 Å². The van der Waals surface area contributed by atoms with Gasteiger partial charge in [0.05, 0.1) is 12.0 Å². The van der Waals surface area contributed by atoms with Crippen LogP contribution < -0.4 is 5.32 Å². The van der Waals surface area contributed by atoms with Gasteiger partial charge >= 0.3 is 0 Å². The SMILES string of the molecule is C=C(Nc1ccc(C(=C)N2CCC(CC)C(C)(CC)C2)cc1)c1ccco1.CC. The number of hydrogen-bond acceptors (Lipinski definition) is 3. The van der Waals surface area contributed by atoms with E-state index in [-0.39, 0.29) is 0 Å². The fourth-order valence-electron chi connectivity index (χ4n) is 4.25. The summed E-state index contributed by atoms with van der Waals surface area (Å²) in [5, 5.41) is 3.29. The van der Waals surface area contributed by atoms with Crippen LogP contribution in [0.4, 0.5) is 5.69 Å². The van der Waals surface area contributed by atoms with Crippen molar-refractivity contribution in [3.8, 4) is 0 Å². The summed E-state index contributed by atoms with van der Waals surface area (Å²) in [5.74, 6) is 1.56. The molecule has 3 rings (SSSR count). The third-order valence-electron chi connectivity index (χ3n) is 6.30. The predicted octanol–water partition coefficient (Wildman–Crippen LogP) is 7.51. The molecule has 2 aromatic rings. The highest BCUT2D eigenvalue weighted by atomic mass is 16.3. The van der Waals surface area contributed by atoms with Gasteiger partial charge in [-0.05, 0) is 54.0 Å². The van der Waals surface area contributed by atoms with Gasteiger partial charge in [0, 0.05) is 24.5 Å². The van der Waals surface area contributed by atoms with Crippen LogP contribution in [0.15, 0.2) is 60.2 Å². The van der Waals surface area contributed by atoms with Crippen molar-refractivity contribution in [3.63, 3.8) is 0 Å². The first-order valence-electron chi connectivity index (χ1n) is 11.0. The molecule has 1 saturated heterocycles. The van der Waals surface area contributed by atoms with Gasteiger partial charge in [-0.25, -0.2) is 0 Å². The molecule has 1 aromatic heterocycles. The fourth-order valence-corrected chi connectivity index (χ4v) is 4.25. The van der Waals surface area contributed by atoms with Gasteiger partial charge in [0.25, 0.3) is 0 Å². The van der Waals surface area contributed by atoms with E-state index in [1.165, 1.54) is 24.8 Å². The first-order valence-corrected chi connectivity index (χ1v) is 11.0. The molecule has 1 fully saturated rings. The van der Waals surface area contributed by atoms with Crippen LogP contribution in [0.3, 0.4) is 0 Å². The Balaban J connectivity index is 0.00000145. The van der Waals surface area contributed by atoms with Crippen LogP contribution in [0.2, 0.25) is 0 Å². The second-order valence-electron chi connectivity index (χ2n) is 7.93. The van der Waals surface area contributed by atoms with E-state index in [4.69, 9.17) is 4.42 Å². The Bertz CT molecular complexity index is 776. The number of likely N-dealkylation sites (tertiary alicyclic amines) is 1. The molecule has 2 heterocycles. The molecule has 3 heteroatoms. The minimum absolute atomic E-state index is 0.373. The zero-order chi connectivity index (χ0) is 21.4. The van der Waals surface area contributed by atoms with E-state index >= 15 is 0 Å². The normalized spacial score (nSPS) is 21.1. The quantitative estimate of drug-likeness (QED) is 0.527. The molecule has 0 aliphatic carbocycles. The largest absolute Gasteiger partial charge is 0.463 e. The second-order valence-corrected chi connectivity index (χ2v) is 7.93. The minimum atomic E-state index is 0.373. The molecular formula is C26H38N2O. The Morgan fingerprint density at radius 2 is 1.86 bits per heavy atom. The number of nitrogens with zero attached hydrogens (tertiary/aromatic N) is 1. The average Bonchev–Trinajstić information content (AvgIpc) is 3.30. The van der Waals surface area contributed by atoms with Crippen molar-refractivity contribution in [3.05, 3.63) is 67.1 Å². The van der Waals surface area contributed by atoms with E-state index in [0.717, 1.165) is 41.8 Å². The minimum Gasteiger partial charge on any atom is -0.463 e. The van der Waals surface area contributed by atoms with E-state index in [1.807, 2.05) is 26.0 Å². The zero-order valence-corrected chi connectivity index (χ0v) is 18.9. The van der Waals surface area contributed by atoms with Crippen molar-refractivity contribution >= 4 is 17.1 Å². The van der Waals surface area contributed by atoms with Crippen molar-refractivity contribution in [1.82, 2.24) is 4.90 Å². The van der Waals surface area contributed by atoms with Gasteiger partial charge in [-0.2, -0.15) is 0 Å². The maximum atomic E-state index is 5.37. The molecule has 158 valence electrons. The lowest BCUT2D eigenvalue weighted by Gasteiger charge is -2.47. The standard InChI is InChI=1S/C24H32N2O.C2H6/c1-6-21-14-15-26(17-24(21,5)7-2)19(4)20-10-12-22(13-11-20)25-18(3)23-9-8-16-27-23;1-2/h8-13,16,21,25H,3-4,6-7,14-15,17H2,1-2,5H3;1-2H3. The summed E-state index contributed by atoms with van der Waals surface area (Å²) in [6, 6.07) is 12.2. The summed E-state index contributed by atoms with van der Waals surface area (Å²) in [5.41, 5.74) is 4.43. The average molecular weight is 395 g/mol. The van der Waals surface area contributed by atoms with Crippen molar-refractivity contribution in [2.45, 2.75) is 53.9 Å². The molecule has 0 bridgehead atoms. The Morgan fingerprint density at radius 3 is 2.41 bits per heavy atom. The van der Waals surface area contributed by atoms with Crippen molar-refractivity contribution in [2.24, 2.45) is 11.3 Å². The Hall–Kier alpha value is -2.42. The van der Waals surface area contributed by atoms with Gasteiger partial charge in [-0.3, -0.25) is 0 Å². The van der Waals surface area contributed by atoms with Gasteiger partial charge < -0.3 is 14.6 Å². The number of benzene rings is 1. The van der Waals surface area contributed by atoms with E-state index in [9.17, 15) is 0 Å². The van der Waals surface area contributed by atoms with Gasteiger partial charge in [0.15, 0.2) is 0 Å². The Labute approximate surface area is 177 Å². The van der Waals surface area contributed by atoms with Crippen LogP contribution in [0.1, 0.15) is 65.2 Å². The highest BCUT2D eigenvalue weighted by molar-refractivity contribution is 5.73. The first kappa shape index (κ1) is 22.9. The summed E-state index contributed by atoms with van der Waals surface area (Å²) >= 11 is 0. The molecule has 29 heavy (non-hydrogen) atoms. The van der Waals surface area contributed by atoms with Gasteiger partial charge in [-0.1, -0.05) is 66.3 Å². The van der Waals surface area contributed by atoms with Crippen molar-refractivity contribution < 1.29 is 4.42 Å². The van der Waals surface area contributed by atoms with Crippen LogP contribution in [0, 0.1) is 11.3 Å². The molecule has 1 aliphatic heterocycles. The van der Waals surface area contributed by atoms with Crippen LogP contribution in [-0.4, -0.2) is 18.0 Å². The molecule has 0 radical (unpaired) electrons. The van der Waals surface area contributed by atoms with Crippen molar-refractivity contribution in [1.29, 1.82) is 0 Å². The number of piperidine rings is 1. The lowest BCUT2D eigenvalue weighted by Crippen LogP contribution is -2.45. The highest BCUT2D eigenvalue weighted by Gasteiger charge is 2.37. The van der Waals surface area contributed by atoms with E-state index < -0.39 is 0 Å². The molecule has 1 aromatic carbocycles. The molecule has 1 aliphatic rings. The highest BCUT2D eigenvalue weighted by Crippen LogP contribution is 2.42. The smallest absolute Gasteiger partial charge is 0.149 e. The Kier molecular flexibility index (Phi) is 8.19. The second kappa shape index (κ2) is 10.4. The summed E-state index contributed by atoms with van der Waals surface area (Å²) < 4.78 is 5.37. The van der Waals surface area contributed by atoms with Gasteiger partial charge in [0.2, 0.25) is 0 Å². The zero-order valence-electron chi connectivity index (χ0n) is 18.9. The van der Waals surface area contributed by atoms with Crippen LogP contribution in [-0.2, 0) is 0 Å². The third kappa shape index (κ3) is 5.35. The number of rotatable bonds is 7.